The molecule has 1 fully saturated rings. The summed E-state index contributed by atoms with van der Waals surface area (Å²) >= 11 is 0. The van der Waals surface area contributed by atoms with Crippen LogP contribution in [0.25, 0.3) is 10.9 Å². The average molecular weight is 256 g/mol. The zero-order valence-corrected chi connectivity index (χ0v) is 11.4. The topological polar surface area (TPSA) is 25.4 Å². The lowest BCUT2D eigenvalue weighted by molar-refractivity contribution is 0.0215. The molecule has 0 saturated carbocycles. The van der Waals surface area contributed by atoms with Crippen molar-refractivity contribution >= 4 is 16.7 Å². The second kappa shape index (κ2) is 5.57. The van der Waals surface area contributed by atoms with Gasteiger partial charge < -0.3 is 9.64 Å². The molecular formula is C16H20N2O. The summed E-state index contributed by atoms with van der Waals surface area (Å²) in [5, 5.41) is 1.19. The smallest absolute Gasteiger partial charge is 0.129 e. The molecule has 3 nitrogen and oxygen atoms in total. The molecule has 1 saturated heterocycles. The molecule has 1 aromatic heterocycles. The number of nitrogens with zero attached hydrogens (tertiary/aromatic N) is 2. The third-order valence-corrected chi connectivity index (χ3v) is 3.73. The number of aromatic nitrogens is 1. The van der Waals surface area contributed by atoms with Crippen molar-refractivity contribution in [1.29, 1.82) is 0 Å². The van der Waals surface area contributed by atoms with Crippen LogP contribution in [0, 0.1) is 0 Å². The van der Waals surface area contributed by atoms with Crippen molar-refractivity contribution in [2.45, 2.75) is 25.4 Å². The van der Waals surface area contributed by atoms with Crippen LogP contribution in [0.3, 0.4) is 0 Å². The van der Waals surface area contributed by atoms with Crippen LogP contribution < -0.4 is 4.90 Å². The Morgan fingerprint density at radius 1 is 1.21 bits per heavy atom. The fourth-order valence-corrected chi connectivity index (χ4v) is 2.62. The Balaban J connectivity index is 1.75. The van der Waals surface area contributed by atoms with Gasteiger partial charge in [-0.3, -0.25) is 0 Å². The van der Waals surface area contributed by atoms with Gasteiger partial charge in [0.1, 0.15) is 5.82 Å². The van der Waals surface area contributed by atoms with Crippen molar-refractivity contribution < 1.29 is 4.74 Å². The summed E-state index contributed by atoms with van der Waals surface area (Å²) in [5.74, 6) is 1.02. The molecule has 1 unspecified atom stereocenters. The summed E-state index contributed by atoms with van der Waals surface area (Å²) < 4.78 is 5.79. The molecule has 0 amide bonds. The van der Waals surface area contributed by atoms with E-state index in [4.69, 9.17) is 9.72 Å². The third-order valence-electron chi connectivity index (χ3n) is 3.73. The Bertz CT molecular complexity index is 549. The third kappa shape index (κ3) is 2.87. The maximum atomic E-state index is 5.79. The molecule has 2 heterocycles. The van der Waals surface area contributed by atoms with Gasteiger partial charge >= 0.3 is 0 Å². The normalized spacial score (nSPS) is 19.5. The number of pyridine rings is 1. The molecular weight excluding hydrogens is 236 g/mol. The fourth-order valence-electron chi connectivity index (χ4n) is 2.62. The highest BCUT2D eigenvalue weighted by Crippen LogP contribution is 2.19. The Labute approximate surface area is 114 Å². The van der Waals surface area contributed by atoms with E-state index in [9.17, 15) is 0 Å². The van der Waals surface area contributed by atoms with E-state index >= 15 is 0 Å². The molecule has 1 aliphatic heterocycles. The molecule has 0 aliphatic carbocycles. The van der Waals surface area contributed by atoms with E-state index in [-0.39, 0.29) is 0 Å². The van der Waals surface area contributed by atoms with Gasteiger partial charge in [-0.05, 0) is 37.5 Å². The van der Waals surface area contributed by atoms with E-state index in [2.05, 4.69) is 36.2 Å². The molecule has 3 heteroatoms. The van der Waals surface area contributed by atoms with Crippen LogP contribution in [-0.4, -0.2) is 31.3 Å². The molecule has 0 bridgehead atoms. The Morgan fingerprint density at radius 3 is 2.95 bits per heavy atom. The molecule has 19 heavy (non-hydrogen) atoms. The van der Waals surface area contributed by atoms with Gasteiger partial charge in [0.25, 0.3) is 0 Å². The summed E-state index contributed by atoms with van der Waals surface area (Å²) in [6, 6.07) is 12.5. The molecule has 2 aromatic rings. The zero-order valence-electron chi connectivity index (χ0n) is 11.4. The average Bonchev–Trinajstić information content (AvgIpc) is 2.48. The van der Waals surface area contributed by atoms with Gasteiger partial charge in [-0.1, -0.05) is 18.2 Å². The first-order valence-corrected chi connectivity index (χ1v) is 7.01. The minimum absolute atomic E-state index is 0.354. The van der Waals surface area contributed by atoms with Crippen LogP contribution in [0.2, 0.25) is 0 Å². The largest absolute Gasteiger partial charge is 0.376 e. The monoisotopic (exact) mass is 256 g/mol. The van der Waals surface area contributed by atoms with Crippen LogP contribution in [-0.2, 0) is 4.74 Å². The van der Waals surface area contributed by atoms with Gasteiger partial charge in [0, 0.05) is 25.6 Å². The molecule has 1 atom stereocenters. The standard InChI is InChI=1S/C16H20N2O/c1-18(12-14-7-4-5-11-19-14)16-10-9-13-6-2-3-8-15(13)17-16/h2-3,6,8-10,14H,4-5,7,11-12H2,1H3. The van der Waals surface area contributed by atoms with E-state index in [1.54, 1.807) is 0 Å². The molecule has 0 N–H and O–H groups in total. The highest BCUT2D eigenvalue weighted by molar-refractivity contribution is 5.80. The lowest BCUT2D eigenvalue weighted by Gasteiger charge is -2.28. The SMILES string of the molecule is CN(CC1CCCCO1)c1ccc2ccccc2n1. The summed E-state index contributed by atoms with van der Waals surface area (Å²) in [4.78, 5) is 6.91. The number of fused-ring (bicyclic) bond motifs is 1. The van der Waals surface area contributed by atoms with Gasteiger partial charge in [0.05, 0.1) is 11.6 Å². The van der Waals surface area contributed by atoms with Crippen molar-refractivity contribution in [2.24, 2.45) is 0 Å². The minimum Gasteiger partial charge on any atom is -0.376 e. The second-order valence-electron chi connectivity index (χ2n) is 5.23. The number of likely N-dealkylation sites (N-methyl/N-ethyl adjacent to an activating group) is 1. The highest BCUT2D eigenvalue weighted by Gasteiger charge is 2.16. The highest BCUT2D eigenvalue weighted by atomic mass is 16.5. The summed E-state index contributed by atoms with van der Waals surface area (Å²) in [6.07, 6.45) is 4.00. The first-order valence-electron chi connectivity index (χ1n) is 7.01. The van der Waals surface area contributed by atoms with E-state index < -0.39 is 0 Å². The van der Waals surface area contributed by atoms with Gasteiger partial charge in [-0.25, -0.2) is 4.98 Å². The van der Waals surface area contributed by atoms with Crippen molar-refractivity contribution in [3.05, 3.63) is 36.4 Å². The number of hydrogen-bond acceptors (Lipinski definition) is 3. The minimum atomic E-state index is 0.354. The number of rotatable bonds is 3. The molecule has 1 aliphatic rings. The number of para-hydroxylation sites is 1. The maximum absolute atomic E-state index is 5.79. The number of anilines is 1. The van der Waals surface area contributed by atoms with Crippen molar-refractivity contribution in [3.63, 3.8) is 0 Å². The number of ether oxygens (including phenoxy) is 1. The van der Waals surface area contributed by atoms with Crippen LogP contribution in [0.1, 0.15) is 19.3 Å². The van der Waals surface area contributed by atoms with Crippen LogP contribution in [0.5, 0.6) is 0 Å². The van der Waals surface area contributed by atoms with Gasteiger partial charge in [-0.2, -0.15) is 0 Å². The second-order valence-corrected chi connectivity index (χ2v) is 5.23. The Kier molecular flexibility index (Phi) is 3.65. The predicted octanol–water partition coefficient (Wildman–Crippen LogP) is 3.24. The van der Waals surface area contributed by atoms with Gasteiger partial charge in [0.15, 0.2) is 0 Å². The van der Waals surface area contributed by atoms with E-state index in [0.717, 1.165) is 30.9 Å². The molecule has 100 valence electrons. The first kappa shape index (κ1) is 12.4. The summed E-state index contributed by atoms with van der Waals surface area (Å²) in [7, 11) is 2.09. The van der Waals surface area contributed by atoms with Crippen LogP contribution in [0.15, 0.2) is 36.4 Å². The summed E-state index contributed by atoms with van der Waals surface area (Å²) in [5.41, 5.74) is 1.05. The van der Waals surface area contributed by atoms with Gasteiger partial charge in [0.2, 0.25) is 0 Å². The van der Waals surface area contributed by atoms with Crippen LogP contribution >= 0.6 is 0 Å². The summed E-state index contributed by atoms with van der Waals surface area (Å²) in [6.45, 7) is 1.83. The molecule has 3 rings (SSSR count). The molecule has 0 spiro atoms. The number of benzene rings is 1. The first-order chi connectivity index (χ1) is 9.33. The zero-order chi connectivity index (χ0) is 13.1. The molecule has 1 aromatic carbocycles. The van der Waals surface area contributed by atoms with Crippen LogP contribution in [0.4, 0.5) is 5.82 Å². The predicted molar refractivity (Wildman–Crippen MR) is 78.6 cm³/mol. The van der Waals surface area contributed by atoms with E-state index in [1.807, 2.05) is 12.1 Å². The Hall–Kier alpha value is -1.61. The lowest BCUT2D eigenvalue weighted by Crippen LogP contribution is -2.33. The quantitative estimate of drug-likeness (QED) is 0.843. The lowest BCUT2D eigenvalue weighted by atomic mass is 10.1. The van der Waals surface area contributed by atoms with Gasteiger partial charge in [-0.15, -0.1) is 0 Å². The fraction of sp³-hybridized carbons (Fsp3) is 0.438. The van der Waals surface area contributed by atoms with Crippen molar-refractivity contribution in [1.82, 2.24) is 4.98 Å². The van der Waals surface area contributed by atoms with E-state index in [0.29, 0.717) is 6.10 Å². The van der Waals surface area contributed by atoms with Crippen molar-refractivity contribution in [3.8, 4) is 0 Å². The molecule has 0 radical (unpaired) electrons. The van der Waals surface area contributed by atoms with Crippen molar-refractivity contribution in [2.75, 3.05) is 25.1 Å². The number of hydrogen-bond donors (Lipinski definition) is 0. The maximum Gasteiger partial charge on any atom is 0.129 e. The van der Waals surface area contributed by atoms with E-state index in [1.165, 1.54) is 18.2 Å². The Morgan fingerprint density at radius 2 is 2.11 bits per heavy atom.